The lowest BCUT2D eigenvalue weighted by molar-refractivity contribution is 0.0505. The Kier molecular flexibility index (Phi) is 5.20. The smallest absolute Gasteiger partial charge is 0.407 e. The average molecular weight is 289 g/mol. The van der Waals surface area contributed by atoms with Crippen LogP contribution in [0, 0.1) is 0 Å². The van der Waals surface area contributed by atoms with Crippen LogP contribution in [0.2, 0.25) is 5.15 Å². The molecular formula is C12H21ClN4O2. The number of nitrogens with one attached hydrogen (secondary N) is 1. The van der Waals surface area contributed by atoms with Gasteiger partial charge in [-0.1, -0.05) is 11.6 Å². The van der Waals surface area contributed by atoms with Crippen LogP contribution >= 0.6 is 11.6 Å². The Balaban J connectivity index is 2.62. The van der Waals surface area contributed by atoms with E-state index in [2.05, 4.69) is 10.3 Å². The zero-order valence-corrected chi connectivity index (χ0v) is 12.5. The first-order chi connectivity index (χ1) is 8.73. The van der Waals surface area contributed by atoms with Gasteiger partial charge in [-0.3, -0.25) is 0 Å². The van der Waals surface area contributed by atoms with Gasteiger partial charge in [0.2, 0.25) is 0 Å². The quantitative estimate of drug-likeness (QED) is 0.879. The van der Waals surface area contributed by atoms with E-state index in [1.807, 2.05) is 32.4 Å². The Labute approximate surface area is 118 Å². The molecule has 0 aliphatic rings. The van der Waals surface area contributed by atoms with Gasteiger partial charge in [0.1, 0.15) is 10.8 Å². The zero-order valence-electron chi connectivity index (χ0n) is 11.7. The molecule has 0 spiro atoms. The Morgan fingerprint density at radius 2 is 2.26 bits per heavy atom. The third-order valence-electron chi connectivity index (χ3n) is 2.45. The highest BCUT2D eigenvalue weighted by Gasteiger charge is 2.20. The standard InChI is InChI=1S/C12H21ClN4O2/c1-12(2,3)19-11(18)16-8(6-14)5-9-10(13)15-7-17(9)4/h7-8H,5-6,14H2,1-4H3,(H,16,18). The molecule has 1 atom stereocenters. The molecule has 0 radical (unpaired) electrons. The van der Waals surface area contributed by atoms with E-state index in [9.17, 15) is 4.79 Å². The predicted octanol–water partition coefficient (Wildman–Crippen LogP) is 1.47. The van der Waals surface area contributed by atoms with Crippen LogP contribution in [0.3, 0.4) is 0 Å². The second-order valence-corrected chi connectivity index (χ2v) is 5.73. The molecule has 7 heteroatoms. The first-order valence-corrected chi connectivity index (χ1v) is 6.46. The molecule has 1 aromatic heterocycles. The van der Waals surface area contributed by atoms with Gasteiger partial charge in [0.25, 0.3) is 0 Å². The van der Waals surface area contributed by atoms with Crippen LogP contribution in [0.25, 0.3) is 0 Å². The molecule has 1 amide bonds. The van der Waals surface area contributed by atoms with Crippen LogP contribution in [0.4, 0.5) is 4.79 Å². The van der Waals surface area contributed by atoms with Crippen LogP contribution in [-0.4, -0.2) is 33.8 Å². The molecule has 6 nitrogen and oxygen atoms in total. The van der Waals surface area contributed by atoms with Gasteiger partial charge in [-0.05, 0) is 20.8 Å². The minimum absolute atomic E-state index is 0.247. The first kappa shape index (κ1) is 15.8. The SMILES string of the molecule is Cn1cnc(Cl)c1CC(CN)NC(=O)OC(C)(C)C. The number of hydrogen-bond acceptors (Lipinski definition) is 4. The van der Waals surface area contributed by atoms with Crippen LogP contribution in [-0.2, 0) is 18.2 Å². The van der Waals surface area contributed by atoms with Gasteiger partial charge < -0.3 is 20.4 Å². The number of ether oxygens (including phenoxy) is 1. The molecule has 1 heterocycles. The maximum Gasteiger partial charge on any atom is 0.407 e. The Bertz CT molecular complexity index is 420. The van der Waals surface area contributed by atoms with Gasteiger partial charge in [-0.15, -0.1) is 0 Å². The molecule has 0 fully saturated rings. The topological polar surface area (TPSA) is 82.2 Å². The number of halogens is 1. The molecule has 0 saturated carbocycles. The molecule has 0 aromatic carbocycles. The third-order valence-corrected chi connectivity index (χ3v) is 2.77. The van der Waals surface area contributed by atoms with Crippen LogP contribution in [0.5, 0.6) is 0 Å². The lowest BCUT2D eigenvalue weighted by Gasteiger charge is -2.23. The Hall–Kier alpha value is -1.27. The van der Waals surface area contributed by atoms with Crippen LogP contribution in [0.15, 0.2) is 6.33 Å². The molecule has 108 valence electrons. The number of imidazole rings is 1. The number of nitrogens with zero attached hydrogens (tertiary/aromatic N) is 2. The van der Waals surface area contributed by atoms with Crippen molar-refractivity contribution < 1.29 is 9.53 Å². The summed E-state index contributed by atoms with van der Waals surface area (Å²) < 4.78 is 7.00. The third kappa shape index (κ3) is 5.08. The number of aryl methyl sites for hydroxylation is 1. The summed E-state index contributed by atoms with van der Waals surface area (Å²) in [5.74, 6) is 0. The second-order valence-electron chi connectivity index (χ2n) is 5.38. The van der Waals surface area contributed by atoms with Gasteiger partial charge in [0.15, 0.2) is 0 Å². The summed E-state index contributed by atoms with van der Waals surface area (Å²) in [6.07, 6.45) is 1.64. The van der Waals surface area contributed by atoms with Crippen molar-refractivity contribution in [1.82, 2.24) is 14.9 Å². The molecule has 3 N–H and O–H groups in total. The van der Waals surface area contributed by atoms with Crippen LogP contribution in [0.1, 0.15) is 26.5 Å². The number of alkyl carbamates (subject to hydrolysis) is 1. The van der Waals surface area contributed by atoms with Crippen molar-refractivity contribution in [2.24, 2.45) is 12.8 Å². The fraction of sp³-hybridized carbons (Fsp3) is 0.667. The van der Waals surface area contributed by atoms with Crippen molar-refractivity contribution in [1.29, 1.82) is 0 Å². The van der Waals surface area contributed by atoms with E-state index >= 15 is 0 Å². The second kappa shape index (κ2) is 6.25. The molecule has 0 bridgehead atoms. The Morgan fingerprint density at radius 1 is 1.63 bits per heavy atom. The lowest BCUT2D eigenvalue weighted by Crippen LogP contribution is -2.44. The molecule has 1 rings (SSSR count). The van der Waals surface area contributed by atoms with E-state index in [1.54, 1.807) is 6.33 Å². The molecule has 0 aliphatic carbocycles. The summed E-state index contributed by atoms with van der Waals surface area (Å²) in [4.78, 5) is 15.7. The maximum atomic E-state index is 11.7. The summed E-state index contributed by atoms with van der Waals surface area (Å²) >= 11 is 5.97. The van der Waals surface area contributed by atoms with E-state index in [0.717, 1.165) is 5.69 Å². The molecule has 19 heavy (non-hydrogen) atoms. The van der Waals surface area contributed by atoms with Crippen molar-refractivity contribution >= 4 is 17.7 Å². The molecule has 0 saturated heterocycles. The minimum atomic E-state index is -0.534. The van der Waals surface area contributed by atoms with Crippen molar-refractivity contribution in [3.63, 3.8) is 0 Å². The summed E-state index contributed by atoms with van der Waals surface area (Å²) in [6.45, 7) is 5.72. The summed E-state index contributed by atoms with van der Waals surface area (Å²) in [6, 6.07) is -0.247. The van der Waals surface area contributed by atoms with Gasteiger partial charge in [-0.25, -0.2) is 9.78 Å². The van der Waals surface area contributed by atoms with Gasteiger partial charge in [-0.2, -0.15) is 0 Å². The molecule has 0 aliphatic heterocycles. The van der Waals surface area contributed by atoms with E-state index in [0.29, 0.717) is 18.1 Å². The van der Waals surface area contributed by atoms with Crippen LogP contribution < -0.4 is 11.1 Å². The monoisotopic (exact) mass is 288 g/mol. The highest BCUT2D eigenvalue weighted by atomic mass is 35.5. The zero-order chi connectivity index (χ0) is 14.6. The fourth-order valence-electron chi connectivity index (χ4n) is 1.56. The number of carbonyl (C=O) groups is 1. The van der Waals surface area contributed by atoms with E-state index in [4.69, 9.17) is 22.1 Å². The van der Waals surface area contributed by atoms with E-state index < -0.39 is 11.7 Å². The molecule has 1 aromatic rings. The minimum Gasteiger partial charge on any atom is -0.444 e. The maximum absolute atomic E-state index is 11.7. The normalized spacial score (nSPS) is 13.2. The largest absolute Gasteiger partial charge is 0.444 e. The van der Waals surface area contributed by atoms with Crippen molar-refractivity contribution in [3.05, 3.63) is 17.2 Å². The number of nitrogens with two attached hydrogens (primary N) is 1. The van der Waals surface area contributed by atoms with Crippen molar-refractivity contribution in [3.8, 4) is 0 Å². The highest BCUT2D eigenvalue weighted by molar-refractivity contribution is 6.30. The van der Waals surface area contributed by atoms with Crippen molar-refractivity contribution in [2.75, 3.05) is 6.54 Å². The van der Waals surface area contributed by atoms with E-state index in [1.165, 1.54) is 0 Å². The number of carbonyl (C=O) groups excluding carboxylic acids is 1. The fourth-order valence-corrected chi connectivity index (χ4v) is 1.81. The average Bonchev–Trinajstić information content (AvgIpc) is 2.57. The summed E-state index contributed by atoms with van der Waals surface area (Å²) in [5.41, 5.74) is 5.95. The summed E-state index contributed by atoms with van der Waals surface area (Å²) in [7, 11) is 1.84. The molecular weight excluding hydrogens is 268 g/mol. The first-order valence-electron chi connectivity index (χ1n) is 6.08. The lowest BCUT2D eigenvalue weighted by atomic mass is 10.1. The van der Waals surface area contributed by atoms with E-state index in [-0.39, 0.29) is 6.04 Å². The number of rotatable bonds is 4. The molecule has 1 unspecified atom stereocenters. The van der Waals surface area contributed by atoms with Gasteiger partial charge in [0, 0.05) is 26.1 Å². The number of hydrogen-bond donors (Lipinski definition) is 2. The highest BCUT2D eigenvalue weighted by Crippen LogP contribution is 2.14. The number of aromatic nitrogens is 2. The predicted molar refractivity (Wildman–Crippen MR) is 74.1 cm³/mol. The Morgan fingerprint density at radius 3 is 2.68 bits per heavy atom. The van der Waals surface area contributed by atoms with Crippen molar-refractivity contribution in [2.45, 2.75) is 38.8 Å². The number of amides is 1. The van der Waals surface area contributed by atoms with Gasteiger partial charge >= 0.3 is 6.09 Å². The van der Waals surface area contributed by atoms with Gasteiger partial charge in [0.05, 0.1) is 12.0 Å². The summed E-state index contributed by atoms with van der Waals surface area (Å²) in [5, 5.41) is 3.15.